The van der Waals surface area contributed by atoms with Gasteiger partial charge in [0.1, 0.15) is 6.04 Å². The number of carbonyl (C=O) groups is 2. The maximum absolute atomic E-state index is 12.7. The molecule has 2 aromatic rings. The molecule has 0 bridgehead atoms. The van der Waals surface area contributed by atoms with Gasteiger partial charge in [-0.2, -0.15) is 0 Å². The topological polar surface area (TPSA) is 71.4 Å². The van der Waals surface area contributed by atoms with Gasteiger partial charge in [-0.3, -0.25) is 14.4 Å². The summed E-state index contributed by atoms with van der Waals surface area (Å²) >= 11 is 1.38. The lowest BCUT2D eigenvalue weighted by Crippen LogP contribution is -2.43. The number of nitrogens with zero attached hydrogens (tertiary/aromatic N) is 2. The van der Waals surface area contributed by atoms with Crippen molar-refractivity contribution in [2.24, 2.45) is 0 Å². The van der Waals surface area contributed by atoms with Gasteiger partial charge in [-0.1, -0.05) is 13.0 Å². The number of nitrogens with one attached hydrogen (secondary N) is 1. The van der Waals surface area contributed by atoms with Gasteiger partial charge >= 0.3 is 0 Å². The van der Waals surface area contributed by atoms with Gasteiger partial charge in [-0.15, -0.1) is 11.3 Å². The fourth-order valence-electron chi connectivity index (χ4n) is 3.07. The molecule has 0 radical (unpaired) electrons. The first-order valence-electron chi connectivity index (χ1n) is 8.46. The number of likely N-dealkylation sites (tertiary alicyclic amines) is 1. The molecule has 2 amide bonds. The number of hydrogen-bond acceptors (Lipinski definition) is 4. The van der Waals surface area contributed by atoms with Gasteiger partial charge in [0.25, 0.3) is 11.5 Å². The van der Waals surface area contributed by atoms with Crippen molar-refractivity contribution in [1.29, 1.82) is 0 Å². The number of amides is 2. The third-order valence-electron chi connectivity index (χ3n) is 4.26. The zero-order chi connectivity index (χ0) is 17.8. The number of pyridine rings is 1. The highest BCUT2D eigenvalue weighted by molar-refractivity contribution is 7.12. The molecule has 1 fully saturated rings. The summed E-state index contributed by atoms with van der Waals surface area (Å²) in [6.45, 7) is 3.18. The van der Waals surface area contributed by atoms with Crippen LogP contribution >= 0.6 is 11.3 Å². The van der Waals surface area contributed by atoms with Crippen molar-refractivity contribution in [1.82, 2.24) is 9.47 Å². The molecule has 0 aliphatic carbocycles. The number of aromatic nitrogens is 1. The van der Waals surface area contributed by atoms with Gasteiger partial charge in [-0.05, 0) is 36.8 Å². The van der Waals surface area contributed by atoms with E-state index >= 15 is 0 Å². The molecule has 0 saturated carbocycles. The lowest BCUT2D eigenvalue weighted by Gasteiger charge is -2.23. The minimum absolute atomic E-state index is 0.0878. The second-order valence-electron chi connectivity index (χ2n) is 6.07. The predicted molar refractivity (Wildman–Crippen MR) is 98.0 cm³/mol. The largest absolute Gasteiger partial charge is 0.326 e. The molecule has 3 rings (SSSR count). The number of rotatable bonds is 5. The Kier molecular flexibility index (Phi) is 5.33. The third kappa shape index (κ3) is 3.82. The molecular formula is C18H21N3O3S. The van der Waals surface area contributed by atoms with Gasteiger partial charge in [0, 0.05) is 25.4 Å². The fraction of sp³-hybridized carbons (Fsp3) is 0.389. The molecule has 1 aliphatic rings. The molecule has 0 spiro atoms. The molecule has 0 aromatic carbocycles. The zero-order valence-electron chi connectivity index (χ0n) is 14.1. The first kappa shape index (κ1) is 17.4. The van der Waals surface area contributed by atoms with E-state index in [0.717, 1.165) is 12.8 Å². The molecule has 1 aliphatic heterocycles. The summed E-state index contributed by atoms with van der Waals surface area (Å²) in [5.41, 5.74) is 0.490. The second kappa shape index (κ2) is 7.65. The van der Waals surface area contributed by atoms with E-state index in [1.165, 1.54) is 17.4 Å². The summed E-state index contributed by atoms with van der Waals surface area (Å²) in [5.74, 6) is -0.298. The van der Waals surface area contributed by atoms with Crippen molar-refractivity contribution in [2.45, 2.75) is 38.8 Å². The third-order valence-corrected chi connectivity index (χ3v) is 5.12. The predicted octanol–water partition coefficient (Wildman–Crippen LogP) is 2.56. The lowest BCUT2D eigenvalue weighted by molar-refractivity contribution is -0.119. The highest BCUT2D eigenvalue weighted by atomic mass is 32.1. The average molecular weight is 359 g/mol. The van der Waals surface area contributed by atoms with E-state index in [4.69, 9.17) is 0 Å². The molecule has 0 unspecified atom stereocenters. The van der Waals surface area contributed by atoms with E-state index in [1.807, 2.05) is 18.4 Å². The van der Waals surface area contributed by atoms with Crippen LogP contribution in [0.1, 0.15) is 35.9 Å². The lowest BCUT2D eigenvalue weighted by atomic mass is 10.2. The minimum Gasteiger partial charge on any atom is -0.326 e. The summed E-state index contributed by atoms with van der Waals surface area (Å²) < 4.78 is 1.58. The smallest absolute Gasteiger partial charge is 0.264 e. The Morgan fingerprint density at radius 3 is 2.88 bits per heavy atom. The average Bonchev–Trinajstić information content (AvgIpc) is 3.29. The van der Waals surface area contributed by atoms with Crippen LogP contribution in [0.25, 0.3) is 0 Å². The quantitative estimate of drug-likeness (QED) is 0.892. The van der Waals surface area contributed by atoms with E-state index in [1.54, 1.807) is 27.8 Å². The fourth-order valence-corrected chi connectivity index (χ4v) is 3.75. The standard InChI is InChI=1S/C18H21N3O3S/c1-2-9-20-12-13(7-8-16(20)22)19-17(23)14-5-3-10-21(14)18(24)15-6-4-11-25-15/h4,6-8,11-12,14H,2-3,5,9-10H2,1H3,(H,19,23)/t14-/m0/s1. The Labute approximate surface area is 150 Å². The van der Waals surface area contributed by atoms with Crippen molar-refractivity contribution in [2.75, 3.05) is 11.9 Å². The Balaban J connectivity index is 1.73. The molecule has 25 heavy (non-hydrogen) atoms. The van der Waals surface area contributed by atoms with Gasteiger partial charge < -0.3 is 14.8 Å². The second-order valence-corrected chi connectivity index (χ2v) is 7.02. The molecule has 132 valence electrons. The SMILES string of the molecule is CCCn1cc(NC(=O)[C@@H]2CCCN2C(=O)c2cccs2)ccc1=O. The van der Waals surface area contributed by atoms with Crippen LogP contribution in [0, 0.1) is 0 Å². The van der Waals surface area contributed by atoms with Crippen LogP contribution in [-0.2, 0) is 11.3 Å². The molecule has 7 heteroatoms. The molecule has 1 N–H and O–H groups in total. The van der Waals surface area contributed by atoms with E-state index in [9.17, 15) is 14.4 Å². The molecule has 3 heterocycles. The van der Waals surface area contributed by atoms with Crippen molar-refractivity contribution < 1.29 is 9.59 Å². The van der Waals surface area contributed by atoms with Crippen molar-refractivity contribution in [3.05, 3.63) is 51.1 Å². The van der Waals surface area contributed by atoms with Crippen LogP contribution in [0.4, 0.5) is 5.69 Å². The van der Waals surface area contributed by atoms with Gasteiger partial charge in [0.05, 0.1) is 10.6 Å². The van der Waals surface area contributed by atoms with E-state index < -0.39 is 6.04 Å². The normalized spacial score (nSPS) is 16.8. The van der Waals surface area contributed by atoms with Crippen molar-refractivity contribution >= 4 is 28.8 Å². The minimum atomic E-state index is -0.471. The summed E-state index contributed by atoms with van der Waals surface area (Å²) in [6.07, 6.45) is 3.95. The van der Waals surface area contributed by atoms with E-state index in [-0.39, 0.29) is 17.4 Å². The van der Waals surface area contributed by atoms with Crippen LogP contribution in [-0.4, -0.2) is 33.9 Å². The molecule has 1 atom stereocenters. The molecular weight excluding hydrogens is 338 g/mol. The van der Waals surface area contributed by atoms with Crippen LogP contribution in [0.5, 0.6) is 0 Å². The van der Waals surface area contributed by atoms with Crippen LogP contribution in [0.3, 0.4) is 0 Å². The highest BCUT2D eigenvalue weighted by Gasteiger charge is 2.34. The first-order chi connectivity index (χ1) is 12.1. The van der Waals surface area contributed by atoms with Crippen molar-refractivity contribution in [3.63, 3.8) is 0 Å². The van der Waals surface area contributed by atoms with Crippen molar-refractivity contribution in [3.8, 4) is 0 Å². The Bertz CT molecular complexity index is 813. The Morgan fingerprint density at radius 2 is 2.16 bits per heavy atom. The summed E-state index contributed by atoms with van der Waals surface area (Å²) in [7, 11) is 0. The summed E-state index contributed by atoms with van der Waals surface area (Å²) in [4.78, 5) is 39.3. The Morgan fingerprint density at radius 1 is 1.32 bits per heavy atom. The monoisotopic (exact) mass is 359 g/mol. The number of carbonyl (C=O) groups excluding carboxylic acids is 2. The number of anilines is 1. The number of hydrogen-bond donors (Lipinski definition) is 1. The molecule has 6 nitrogen and oxygen atoms in total. The van der Waals surface area contributed by atoms with E-state index in [0.29, 0.717) is 30.1 Å². The maximum Gasteiger partial charge on any atom is 0.264 e. The van der Waals surface area contributed by atoms with E-state index in [2.05, 4.69) is 5.32 Å². The summed E-state index contributed by atoms with van der Waals surface area (Å²) in [6, 6.07) is 6.20. The van der Waals surface area contributed by atoms with Crippen LogP contribution in [0.15, 0.2) is 40.6 Å². The van der Waals surface area contributed by atoms with Crippen LogP contribution in [0.2, 0.25) is 0 Å². The maximum atomic E-state index is 12.7. The number of thiophene rings is 1. The van der Waals surface area contributed by atoms with Gasteiger partial charge in [-0.25, -0.2) is 0 Å². The first-order valence-corrected chi connectivity index (χ1v) is 9.34. The summed E-state index contributed by atoms with van der Waals surface area (Å²) in [5, 5.41) is 4.71. The highest BCUT2D eigenvalue weighted by Crippen LogP contribution is 2.23. The molecule has 1 saturated heterocycles. The van der Waals surface area contributed by atoms with Crippen LogP contribution < -0.4 is 10.9 Å². The Hall–Kier alpha value is -2.41. The number of aryl methyl sites for hydroxylation is 1. The molecule has 2 aromatic heterocycles. The van der Waals surface area contributed by atoms with Gasteiger partial charge in [0.2, 0.25) is 5.91 Å². The zero-order valence-corrected chi connectivity index (χ0v) is 14.9. The van der Waals surface area contributed by atoms with Gasteiger partial charge in [0.15, 0.2) is 0 Å².